The first kappa shape index (κ1) is 13.7. The summed E-state index contributed by atoms with van der Waals surface area (Å²) in [5.41, 5.74) is 2.07. The maximum absolute atomic E-state index is 12.5. The van der Waals surface area contributed by atoms with Crippen molar-refractivity contribution in [2.75, 3.05) is 6.61 Å². The fraction of sp³-hybridized carbons (Fsp3) is 0.167. The third kappa shape index (κ3) is 2.40. The van der Waals surface area contributed by atoms with Gasteiger partial charge in [-0.2, -0.15) is 0 Å². The van der Waals surface area contributed by atoms with E-state index in [1.807, 2.05) is 18.2 Å². The first-order chi connectivity index (χ1) is 11.2. The van der Waals surface area contributed by atoms with Crippen LogP contribution in [0.5, 0.6) is 5.75 Å². The molecule has 0 atom stereocenters. The van der Waals surface area contributed by atoms with Gasteiger partial charge < -0.3 is 4.74 Å². The molecule has 1 aliphatic heterocycles. The minimum Gasteiger partial charge on any atom is -0.493 e. The lowest BCUT2D eigenvalue weighted by Gasteiger charge is -2.07. The quantitative estimate of drug-likeness (QED) is 0.696. The Kier molecular flexibility index (Phi) is 3.19. The van der Waals surface area contributed by atoms with E-state index in [9.17, 15) is 9.59 Å². The van der Waals surface area contributed by atoms with Crippen molar-refractivity contribution in [3.63, 3.8) is 0 Å². The predicted octanol–water partition coefficient (Wildman–Crippen LogP) is 2.21. The molecular formula is C18H14N2O3. The molecule has 114 valence electrons. The lowest BCUT2D eigenvalue weighted by atomic mass is 10.1. The van der Waals surface area contributed by atoms with Crippen LogP contribution in [0.25, 0.3) is 10.9 Å². The maximum Gasteiger partial charge on any atom is 0.261 e. The van der Waals surface area contributed by atoms with E-state index < -0.39 is 0 Å². The van der Waals surface area contributed by atoms with Crippen molar-refractivity contribution < 1.29 is 9.53 Å². The van der Waals surface area contributed by atoms with Crippen LogP contribution in [0.4, 0.5) is 0 Å². The molecule has 5 heteroatoms. The molecule has 5 nitrogen and oxygen atoms in total. The van der Waals surface area contributed by atoms with Crippen LogP contribution in [-0.4, -0.2) is 21.9 Å². The Morgan fingerprint density at radius 1 is 1.22 bits per heavy atom. The predicted molar refractivity (Wildman–Crippen MR) is 86.0 cm³/mol. The lowest BCUT2D eigenvalue weighted by molar-refractivity contribution is 0.0970. The van der Waals surface area contributed by atoms with Crippen LogP contribution < -0.4 is 10.3 Å². The Balaban J connectivity index is 1.66. The van der Waals surface area contributed by atoms with Gasteiger partial charge in [0.2, 0.25) is 0 Å². The van der Waals surface area contributed by atoms with E-state index in [4.69, 9.17) is 4.74 Å². The van der Waals surface area contributed by atoms with Crippen LogP contribution >= 0.6 is 0 Å². The van der Waals surface area contributed by atoms with Gasteiger partial charge in [0, 0.05) is 12.0 Å². The molecule has 0 bridgehead atoms. The zero-order chi connectivity index (χ0) is 15.8. The highest BCUT2D eigenvalue weighted by atomic mass is 16.5. The Morgan fingerprint density at radius 3 is 3.00 bits per heavy atom. The molecule has 0 aliphatic carbocycles. The number of hydrogen-bond donors (Lipinski definition) is 0. The van der Waals surface area contributed by atoms with Crippen LogP contribution in [0.2, 0.25) is 0 Å². The number of carbonyl (C=O) groups is 1. The van der Waals surface area contributed by atoms with Crippen molar-refractivity contribution in [1.82, 2.24) is 9.55 Å². The van der Waals surface area contributed by atoms with E-state index in [2.05, 4.69) is 4.98 Å². The van der Waals surface area contributed by atoms with E-state index in [0.717, 1.165) is 17.7 Å². The second kappa shape index (κ2) is 5.35. The average molecular weight is 306 g/mol. The summed E-state index contributed by atoms with van der Waals surface area (Å²) < 4.78 is 6.80. The monoisotopic (exact) mass is 306 g/mol. The molecule has 0 saturated heterocycles. The number of carbonyl (C=O) groups excluding carboxylic acids is 1. The van der Waals surface area contributed by atoms with E-state index in [0.29, 0.717) is 23.1 Å². The average Bonchev–Trinajstić information content (AvgIpc) is 3.05. The van der Waals surface area contributed by atoms with Crippen molar-refractivity contribution in [2.24, 2.45) is 0 Å². The molecule has 2 aromatic carbocycles. The van der Waals surface area contributed by atoms with Crippen LogP contribution in [0, 0.1) is 0 Å². The number of Topliss-reactive ketones (excluding diaryl/α,β-unsaturated/α-hetero) is 1. The minimum absolute atomic E-state index is 0.0175. The fourth-order valence-corrected chi connectivity index (χ4v) is 2.82. The topological polar surface area (TPSA) is 61.2 Å². The van der Waals surface area contributed by atoms with Crippen molar-refractivity contribution >= 4 is 16.7 Å². The van der Waals surface area contributed by atoms with Gasteiger partial charge in [0.25, 0.3) is 5.56 Å². The van der Waals surface area contributed by atoms with Gasteiger partial charge in [0.15, 0.2) is 5.78 Å². The number of ketones is 1. The molecule has 0 fully saturated rings. The molecule has 0 N–H and O–H groups in total. The summed E-state index contributed by atoms with van der Waals surface area (Å²) in [4.78, 5) is 29.1. The Labute approximate surface area is 132 Å². The Bertz CT molecular complexity index is 975. The molecule has 0 unspecified atom stereocenters. The number of nitrogens with zero attached hydrogens (tertiary/aromatic N) is 2. The van der Waals surface area contributed by atoms with Crippen LogP contribution in [0.15, 0.2) is 53.6 Å². The molecule has 23 heavy (non-hydrogen) atoms. The summed E-state index contributed by atoms with van der Waals surface area (Å²) in [7, 11) is 0. The third-order valence-corrected chi connectivity index (χ3v) is 4.06. The van der Waals surface area contributed by atoms with Gasteiger partial charge in [0.05, 0.1) is 30.4 Å². The first-order valence-electron chi connectivity index (χ1n) is 7.45. The number of hydrogen-bond acceptors (Lipinski definition) is 4. The zero-order valence-corrected chi connectivity index (χ0v) is 12.4. The summed E-state index contributed by atoms with van der Waals surface area (Å²) in [6, 6.07) is 12.5. The highest BCUT2D eigenvalue weighted by Crippen LogP contribution is 2.26. The smallest absolute Gasteiger partial charge is 0.261 e. The van der Waals surface area contributed by atoms with Gasteiger partial charge in [-0.05, 0) is 35.9 Å². The standard InChI is InChI=1S/C18H14N2O3/c21-16(12-5-6-17-13(9-12)7-8-23-17)10-20-11-19-15-4-2-1-3-14(15)18(20)22/h1-6,9,11H,7-8,10H2. The number of para-hydroxylation sites is 1. The first-order valence-corrected chi connectivity index (χ1v) is 7.45. The second-order valence-corrected chi connectivity index (χ2v) is 5.54. The van der Waals surface area contributed by atoms with Gasteiger partial charge >= 0.3 is 0 Å². The number of rotatable bonds is 3. The molecule has 3 aromatic rings. The van der Waals surface area contributed by atoms with Crippen LogP contribution in [-0.2, 0) is 13.0 Å². The van der Waals surface area contributed by atoms with Crippen molar-refractivity contribution in [3.8, 4) is 5.75 Å². The lowest BCUT2D eigenvalue weighted by Crippen LogP contribution is -2.24. The summed E-state index contributed by atoms with van der Waals surface area (Å²) in [5.74, 6) is 0.727. The van der Waals surface area contributed by atoms with Gasteiger partial charge in [-0.3, -0.25) is 14.2 Å². The molecule has 1 aliphatic rings. The van der Waals surface area contributed by atoms with E-state index >= 15 is 0 Å². The SMILES string of the molecule is O=C(Cn1cnc2ccccc2c1=O)c1ccc2c(c1)CCO2. The number of fused-ring (bicyclic) bond motifs is 2. The highest BCUT2D eigenvalue weighted by Gasteiger charge is 2.16. The molecule has 0 spiro atoms. The van der Waals surface area contributed by atoms with Gasteiger partial charge in [-0.1, -0.05) is 12.1 Å². The Morgan fingerprint density at radius 2 is 2.09 bits per heavy atom. The summed E-state index contributed by atoms with van der Waals surface area (Å²) in [6.07, 6.45) is 2.24. The van der Waals surface area contributed by atoms with Crippen molar-refractivity contribution in [3.05, 3.63) is 70.3 Å². The highest BCUT2D eigenvalue weighted by molar-refractivity contribution is 5.96. The fourth-order valence-electron chi connectivity index (χ4n) is 2.82. The van der Waals surface area contributed by atoms with E-state index in [-0.39, 0.29) is 17.9 Å². The minimum atomic E-state index is -0.201. The van der Waals surface area contributed by atoms with E-state index in [1.165, 1.54) is 10.9 Å². The summed E-state index contributed by atoms with van der Waals surface area (Å²) in [5, 5.41) is 0.519. The molecule has 2 heterocycles. The number of benzene rings is 2. The molecule has 0 saturated carbocycles. The van der Waals surface area contributed by atoms with Gasteiger partial charge in [-0.15, -0.1) is 0 Å². The largest absolute Gasteiger partial charge is 0.493 e. The Hall–Kier alpha value is -2.95. The summed E-state index contributed by atoms with van der Waals surface area (Å²) >= 11 is 0. The van der Waals surface area contributed by atoms with Crippen LogP contribution in [0.3, 0.4) is 0 Å². The molecule has 4 rings (SSSR count). The van der Waals surface area contributed by atoms with Crippen LogP contribution in [0.1, 0.15) is 15.9 Å². The zero-order valence-electron chi connectivity index (χ0n) is 12.4. The van der Waals surface area contributed by atoms with Gasteiger partial charge in [-0.25, -0.2) is 4.98 Å². The molecule has 0 radical (unpaired) electrons. The van der Waals surface area contributed by atoms with Gasteiger partial charge in [0.1, 0.15) is 5.75 Å². The van der Waals surface area contributed by atoms with Crippen molar-refractivity contribution in [2.45, 2.75) is 13.0 Å². The normalized spacial score (nSPS) is 12.9. The maximum atomic E-state index is 12.5. The second-order valence-electron chi connectivity index (χ2n) is 5.54. The third-order valence-electron chi connectivity index (χ3n) is 4.06. The molecule has 1 aromatic heterocycles. The number of ether oxygens (including phenoxy) is 1. The molecular weight excluding hydrogens is 292 g/mol. The van der Waals surface area contributed by atoms with E-state index in [1.54, 1.807) is 24.3 Å². The number of aromatic nitrogens is 2. The summed E-state index contributed by atoms with van der Waals surface area (Å²) in [6.45, 7) is 0.636. The molecule has 0 amide bonds. The van der Waals surface area contributed by atoms with Crippen molar-refractivity contribution in [1.29, 1.82) is 0 Å².